The monoisotopic (exact) mass is 242 g/mol. The summed E-state index contributed by atoms with van der Waals surface area (Å²) in [7, 11) is 0. The Labute approximate surface area is 105 Å². The summed E-state index contributed by atoms with van der Waals surface area (Å²) in [6.45, 7) is 3.47. The third-order valence-electron chi connectivity index (χ3n) is 2.51. The van der Waals surface area contributed by atoms with E-state index in [1.165, 1.54) is 0 Å². The largest absolute Gasteiger partial charge is 0.378 e. The molecule has 0 unspecified atom stereocenters. The number of nitrogens with one attached hydrogen (secondary N) is 1. The first-order valence-electron chi connectivity index (χ1n) is 5.82. The fraction of sp³-hybridized carbons (Fsp3) is 0.333. The first kappa shape index (κ1) is 12.0. The molecule has 0 radical (unpaired) electrons. The van der Waals surface area contributed by atoms with Crippen LogP contribution in [0.25, 0.3) is 0 Å². The maximum absolute atomic E-state index is 8.70. The van der Waals surface area contributed by atoms with E-state index in [-0.39, 0.29) is 0 Å². The van der Waals surface area contributed by atoms with Crippen LogP contribution in [0.15, 0.2) is 24.3 Å². The van der Waals surface area contributed by atoms with Gasteiger partial charge in [-0.25, -0.2) is 4.68 Å². The smallest absolute Gasteiger partial charge is 0.170 e. The lowest BCUT2D eigenvalue weighted by Crippen LogP contribution is -2.10. The van der Waals surface area contributed by atoms with Gasteiger partial charge in [-0.15, -0.1) is 5.10 Å². The fourth-order valence-corrected chi connectivity index (χ4v) is 1.58. The van der Waals surface area contributed by atoms with Crippen molar-refractivity contribution in [3.8, 4) is 6.07 Å². The first-order valence-corrected chi connectivity index (χ1v) is 5.82. The average Bonchev–Trinajstić information content (AvgIpc) is 2.85. The van der Waals surface area contributed by atoms with Crippen molar-refractivity contribution in [2.45, 2.75) is 26.4 Å². The molecule has 0 aliphatic heterocycles. The molecule has 0 saturated heterocycles. The molecule has 0 atom stereocenters. The summed E-state index contributed by atoms with van der Waals surface area (Å²) in [6, 6.07) is 9.37. The van der Waals surface area contributed by atoms with Crippen molar-refractivity contribution in [3.63, 3.8) is 0 Å². The van der Waals surface area contributed by atoms with Crippen LogP contribution in [0.3, 0.4) is 0 Å². The van der Waals surface area contributed by atoms with Crippen molar-refractivity contribution >= 4 is 5.69 Å². The number of aromatic nitrogens is 4. The SMILES string of the molecule is CCCn1nnnc1CNc1ccc(C#N)cc1. The zero-order valence-corrected chi connectivity index (χ0v) is 10.2. The van der Waals surface area contributed by atoms with Crippen LogP contribution in [0, 0.1) is 11.3 Å². The van der Waals surface area contributed by atoms with Gasteiger partial charge in [0.1, 0.15) is 0 Å². The van der Waals surface area contributed by atoms with E-state index in [4.69, 9.17) is 5.26 Å². The highest BCUT2D eigenvalue weighted by molar-refractivity contribution is 5.47. The Morgan fingerprint density at radius 2 is 2.11 bits per heavy atom. The van der Waals surface area contributed by atoms with Crippen LogP contribution in [-0.2, 0) is 13.1 Å². The molecule has 0 aliphatic carbocycles. The predicted octanol–water partition coefficient (Wildman–Crippen LogP) is 1.57. The van der Waals surface area contributed by atoms with E-state index < -0.39 is 0 Å². The van der Waals surface area contributed by atoms with Gasteiger partial charge in [0.25, 0.3) is 0 Å². The van der Waals surface area contributed by atoms with E-state index in [9.17, 15) is 0 Å². The average molecular weight is 242 g/mol. The lowest BCUT2D eigenvalue weighted by atomic mass is 10.2. The summed E-state index contributed by atoms with van der Waals surface area (Å²) in [4.78, 5) is 0. The summed E-state index contributed by atoms with van der Waals surface area (Å²) in [5, 5.41) is 23.5. The van der Waals surface area contributed by atoms with E-state index in [0.29, 0.717) is 12.1 Å². The van der Waals surface area contributed by atoms with E-state index in [1.807, 2.05) is 12.1 Å². The highest BCUT2D eigenvalue weighted by Crippen LogP contribution is 2.09. The zero-order chi connectivity index (χ0) is 12.8. The number of aryl methyl sites for hydroxylation is 1. The molecule has 1 heterocycles. The second-order valence-electron chi connectivity index (χ2n) is 3.86. The second kappa shape index (κ2) is 5.77. The van der Waals surface area contributed by atoms with Crippen molar-refractivity contribution in [2.75, 3.05) is 5.32 Å². The van der Waals surface area contributed by atoms with Gasteiger partial charge in [-0.2, -0.15) is 5.26 Å². The van der Waals surface area contributed by atoms with Crippen molar-refractivity contribution in [1.29, 1.82) is 5.26 Å². The predicted molar refractivity (Wildman–Crippen MR) is 66.6 cm³/mol. The minimum absolute atomic E-state index is 0.568. The van der Waals surface area contributed by atoms with E-state index in [1.54, 1.807) is 16.8 Å². The highest BCUT2D eigenvalue weighted by atomic mass is 15.5. The number of nitrogens with zero attached hydrogens (tertiary/aromatic N) is 5. The van der Waals surface area contributed by atoms with Crippen molar-refractivity contribution in [1.82, 2.24) is 20.2 Å². The lowest BCUT2D eigenvalue weighted by Gasteiger charge is -2.06. The highest BCUT2D eigenvalue weighted by Gasteiger charge is 2.04. The Morgan fingerprint density at radius 1 is 1.33 bits per heavy atom. The molecule has 2 aromatic rings. The number of tetrazole rings is 1. The van der Waals surface area contributed by atoms with Gasteiger partial charge in [-0.3, -0.25) is 0 Å². The quantitative estimate of drug-likeness (QED) is 0.860. The lowest BCUT2D eigenvalue weighted by molar-refractivity contribution is 0.558. The minimum atomic E-state index is 0.568. The molecule has 2 rings (SSSR count). The molecule has 6 heteroatoms. The Bertz CT molecular complexity index is 536. The van der Waals surface area contributed by atoms with Gasteiger partial charge in [0.2, 0.25) is 0 Å². The maximum atomic E-state index is 8.70. The van der Waals surface area contributed by atoms with Crippen LogP contribution in [0.5, 0.6) is 0 Å². The molecule has 0 amide bonds. The Morgan fingerprint density at radius 3 is 2.78 bits per heavy atom. The third kappa shape index (κ3) is 2.83. The normalized spacial score (nSPS) is 10.0. The molecule has 0 fully saturated rings. The van der Waals surface area contributed by atoms with Crippen molar-refractivity contribution in [2.24, 2.45) is 0 Å². The first-order chi connectivity index (χ1) is 8.83. The van der Waals surface area contributed by atoms with Crippen LogP contribution in [0.4, 0.5) is 5.69 Å². The molecular formula is C12H14N6. The van der Waals surface area contributed by atoms with Crippen LogP contribution in [0.1, 0.15) is 24.7 Å². The minimum Gasteiger partial charge on any atom is -0.378 e. The van der Waals surface area contributed by atoms with E-state index >= 15 is 0 Å². The number of nitriles is 1. The molecule has 0 aliphatic rings. The third-order valence-corrected chi connectivity index (χ3v) is 2.51. The zero-order valence-electron chi connectivity index (χ0n) is 10.2. The van der Waals surface area contributed by atoms with Crippen LogP contribution < -0.4 is 5.32 Å². The van der Waals surface area contributed by atoms with Gasteiger partial charge in [0.15, 0.2) is 5.82 Å². The molecule has 18 heavy (non-hydrogen) atoms. The van der Waals surface area contributed by atoms with Gasteiger partial charge < -0.3 is 5.32 Å². The summed E-state index contributed by atoms with van der Waals surface area (Å²) < 4.78 is 1.79. The molecular weight excluding hydrogens is 228 g/mol. The molecule has 1 aromatic carbocycles. The number of hydrogen-bond acceptors (Lipinski definition) is 5. The molecule has 0 saturated carbocycles. The number of rotatable bonds is 5. The van der Waals surface area contributed by atoms with E-state index in [0.717, 1.165) is 24.5 Å². The molecule has 1 aromatic heterocycles. The fourth-order valence-electron chi connectivity index (χ4n) is 1.58. The molecule has 0 spiro atoms. The number of benzene rings is 1. The molecule has 0 bridgehead atoms. The Hall–Kier alpha value is -2.42. The topological polar surface area (TPSA) is 79.4 Å². The summed E-state index contributed by atoms with van der Waals surface area (Å²) in [5.74, 6) is 0.807. The van der Waals surface area contributed by atoms with Gasteiger partial charge in [-0.05, 0) is 41.1 Å². The second-order valence-corrected chi connectivity index (χ2v) is 3.86. The van der Waals surface area contributed by atoms with Crippen molar-refractivity contribution < 1.29 is 0 Å². The molecule has 1 N–H and O–H groups in total. The maximum Gasteiger partial charge on any atom is 0.170 e. The van der Waals surface area contributed by atoms with Crippen LogP contribution in [0.2, 0.25) is 0 Å². The Balaban J connectivity index is 1.98. The molecule has 6 nitrogen and oxygen atoms in total. The van der Waals surface area contributed by atoms with Gasteiger partial charge in [-0.1, -0.05) is 6.92 Å². The van der Waals surface area contributed by atoms with Gasteiger partial charge in [0, 0.05) is 12.2 Å². The number of anilines is 1. The Kier molecular flexibility index (Phi) is 3.86. The molecule has 92 valence electrons. The van der Waals surface area contributed by atoms with E-state index in [2.05, 4.69) is 33.8 Å². The van der Waals surface area contributed by atoms with Crippen molar-refractivity contribution in [3.05, 3.63) is 35.7 Å². The summed E-state index contributed by atoms with van der Waals surface area (Å²) in [6.07, 6.45) is 0.995. The summed E-state index contributed by atoms with van der Waals surface area (Å²) in [5.41, 5.74) is 1.59. The standard InChI is InChI=1S/C12H14N6/c1-2-7-18-12(15-16-17-18)9-14-11-5-3-10(8-13)4-6-11/h3-6,14H,2,7,9H2,1H3. The van der Waals surface area contributed by atoms with Crippen LogP contribution in [-0.4, -0.2) is 20.2 Å². The van der Waals surface area contributed by atoms with Crippen LogP contribution >= 0.6 is 0 Å². The van der Waals surface area contributed by atoms with Gasteiger partial charge in [0.05, 0.1) is 18.2 Å². The number of hydrogen-bond donors (Lipinski definition) is 1. The summed E-state index contributed by atoms with van der Waals surface area (Å²) >= 11 is 0. The van der Waals surface area contributed by atoms with Gasteiger partial charge >= 0.3 is 0 Å².